The Morgan fingerprint density at radius 1 is 1.03 bits per heavy atom. The number of aromatic nitrogens is 3. The van der Waals surface area contributed by atoms with Crippen LogP contribution in [0, 0.1) is 5.82 Å². The van der Waals surface area contributed by atoms with Crippen LogP contribution in [0.2, 0.25) is 0 Å². The summed E-state index contributed by atoms with van der Waals surface area (Å²) in [7, 11) is 0. The molecule has 2 aromatic carbocycles. The molecule has 0 aliphatic carbocycles. The van der Waals surface area contributed by atoms with Crippen molar-refractivity contribution < 1.29 is 19.1 Å². The maximum absolute atomic E-state index is 14.1. The molecule has 1 atom stereocenters. The van der Waals surface area contributed by atoms with E-state index in [1.165, 1.54) is 35.1 Å². The number of hydrogen-bond acceptors (Lipinski definition) is 8. The van der Waals surface area contributed by atoms with E-state index >= 15 is 0 Å². The van der Waals surface area contributed by atoms with Gasteiger partial charge in [0.05, 0.1) is 11.6 Å². The summed E-state index contributed by atoms with van der Waals surface area (Å²) >= 11 is 2.42. The standard InChI is InChI=1S/C29H25FN4O3S2/c1-29(2,3)20-10-8-17(9-11-20)23-22(24(35)18-12-14-31-15-13-18)25(36)26(37)34(23)27-32-33-28(39-27)38-16-19-6-4-5-7-21(19)30/h4-15,23,35H,16H2,1-3H3. The molecule has 1 fully saturated rings. The number of anilines is 1. The molecule has 7 nitrogen and oxygen atoms in total. The molecule has 39 heavy (non-hydrogen) atoms. The summed E-state index contributed by atoms with van der Waals surface area (Å²) in [6.07, 6.45) is 3.00. The van der Waals surface area contributed by atoms with Crippen molar-refractivity contribution in [1.82, 2.24) is 15.2 Å². The SMILES string of the molecule is CC(C)(C)c1ccc(C2C(=C(O)c3ccncc3)C(=O)C(=O)N2c2nnc(SCc3ccccc3F)s2)cc1. The van der Waals surface area contributed by atoms with Gasteiger partial charge in [0.25, 0.3) is 5.78 Å². The molecule has 3 heterocycles. The summed E-state index contributed by atoms with van der Waals surface area (Å²) < 4.78 is 14.6. The van der Waals surface area contributed by atoms with E-state index in [2.05, 4.69) is 36.0 Å². The summed E-state index contributed by atoms with van der Waals surface area (Å²) in [6.45, 7) is 6.29. The Kier molecular flexibility index (Phi) is 7.33. The Morgan fingerprint density at radius 3 is 2.38 bits per heavy atom. The van der Waals surface area contributed by atoms with Crippen LogP contribution in [0.5, 0.6) is 0 Å². The van der Waals surface area contributed by atoms with E-state index < -0.39 is 17.7 Å². The van der Waals surface area contributed by atoms with Gasteiger partial charge in [0.2, 0.25) is 5.13 Å². The lowest BCUT2D eigenvalue weighted by Crippen LogP contribution is -2.29. The largest absolute Gasteiger partial charge is 0.507 e. The van der Waals surface area contributed by atoms with Gasteiger partial charge < -0.3 is 5.11 Å². The predicted octanol–water partition coefficient (Wildman–Crippen LogP) is 6.29. The molecule has 1 saturated heterocycles. The highest BCUT2D eigenvalue weighted by Gasteiger charge is 2.48. The molecule has 4 aromatic rings. The fourth-order valence-electron chi connectivity index (χ4n) is 4.29. The average molecular weight is 561 g/mol. The Bertz CT molecular complexity index is 1560. The van der Waals surface area contributed by atoms with Crippen molar-refractivity contribution in [3.63, 3.8) is 0 Å². The summed E-state index contributed by atoms with van der Waals surface area (Å²) in [5.74, 6) is -1.89. The van der Waals surface area contributed by atoms with E-state index in [4.69, 9.17) is 0 Å². The topological polar surface area (TPSA) is 96.3 Å². The summed E-state index contributed by atoms with van der Waals surface area (Å²) in [5.41, 5.74) is 2.49. The first-order chi connectivity index (χ1) is 18.6. The van der Waals surface area contributed by atoms with E-state index in [1.54, 1.807) is 30.3 Å². The molecule has 1 aliphatic rings. The first-order valence-corrected chi connectivity index (χ1v) is 14.0. The number of halogens is 1. The van der Waals surface area contributed by atoms with Crippen molar-refractivity contribution in [3.8, 4) is 0 Å². The second-order valence-electron chi connectivity index (χ2n) is 10.0. The fourth-order valence-corrected chi connectivity index (χ4v) is 6.14. The van der Waals surface area contributed by atoms with Gasteiger partial charge in [0.15, 0.2) is 4.34 Å². The molecule has 10 heteroatoms. The first kappa shape index (κ1) is 26.7. The number of aliphatic hydroxyl groups excluding tert-OH is 1. The van der Waals surface area contributed by atoms with Crippen molar-refractivity contribution >= 4 is 45.7 Å². The van der Waals surface area contributed by atoms with Gasteiger partial charge in [-0.1, -0.05) is 86.3 Å². The number of amides is 1. The van der Waals surface area contributed by atoms with Crippen LogP contribution in [0.3, 0.4) is 0 Å². The minimum atomic E-state index is -0.912. The number of Topliss-reactive ketones (excluding diaryl/α,β-unsaturated/α-hetero) is 1. The van der Waals surface area contributed by atoms with Crippen LogP contribution in [0.4, 0.5) is 9.52 Å². The zero-order valence-electron chi connectivity index (χ0n) is 21.5. The van der Waals surface area contributed by atoms with Gasteiger partial charge in [-0.25, -0.2) is 4.39 Å². The molecular formula is C29H25FN4O3S2. The van der Waals surface area contributed by atoms with Crippen LogP contribution in [0.1, 0.15) is 49.1 Å². The fraction of sp³-hybridized carbons (Fsp3) is 0.207. The van der Waals surface area contributed by atoms with Gasteiger partial charge >= 0.3 is 5.91 Å². The van der Waals surface area contributed by atoms with E-state index in [-0.39, 0.29) is 27.7 Å². The number of aliphatic hydroxyl groups is 1. The van der Waals surface area contributed by atoms with Gasteiger partial charge in [0.1, 0.15) is 11.6 Å². The summed E-state index contributed by atoms with van der Waals surface area (Å²) in [5, 5.41) is 19.8. The highest BCUT2D eigenvalue weighted by atomic mass is 32.2. The van der Waals surface area contributed by atoms with E-state index in [0.29, 0.717) is 26.8 Å². The quantitative estimate of drug-likeness (QED) is 0.0974. The number of ketones is 1. The highest BCUT2D eigenvalue weighted by Crippen LogP contribution is 2.44. The molecule has 0 spiro atoms. The molecule has 2 aromatic heterocycles. The van der Waals surface area contributed by atoms with Gasteiger partial charge in [-0.2, -0.15) is 0 Å². The van der Waals surface area contributed by atoms with Crippen molar-refractivity contribution in [2.45, 2.75) is 42.3 Å². The van der Waals surface area contributed by atoms with E-state index in [0.717, 1.165) is 16.9 Å². The number of rotatable bonds is 6. The third-order valence-corrected chi connectivity index (χ3v) is 8.51. The lowest BCUT2D eigenvalue weighted by atomic mass is 9.85. The minimum absolute atomic E-state index is 0.0366. The second kappa shape index (κ2) is 10.7. The third-order valence-electron chi connectivity index (χ3n) is 6.40. The minimum Gasteiger partial charge on any atom is -0.507 e. The number of thioether (sulfide) groups is 1. The van der Waals surface area contributed by atoms with Crippen molar-refractivity contribution in [3.05, 3.63) is 107 Å². The van der Waals surface area contributed by atoms with Gasteiger partial charge in [-0.15, -0.1) is 10.2 Å². The normalized spacial score (nSPS) is 17.1. The number of nitrogens with zero attached hydrogens (tertiary/aromatic N) is 4. The smallest absolute Gasteiger partial charge is 0.301 e. The summed E-state index contributed by atoms with van der Waals surface area (Å²) in [6, 6.07) is 16.4. The second-order valence-corrected chi connectivity index (χ2v) is 12.2. The van der Waals surface area contributed by atoms with Crippen molar-refractivity contribution in [2.75, 3.05) is 4.90 Å². The maximum atomic E-state index is 14.1. The molecule has 198 valence electrons. The maximum Gasteiger partial charge on any atom is 0.301 e. The zero-order valence-corrected chi connectivity index (χ0v) is 23.1. The zero-order chi connectivity index (χ0) is 27.7. The number of carbonyl (C=O) groups excluding carboxylic acids is 2. The monoisotopic (exact) mass is 560 g/mol. The Morgan fingerprint density at radius 2 is 1.72 bits per heavy atom. The Balaban J connectivity index is 1.55. The number of carbonyl (C=O) groups is 2. The third kappa shape index (κ3) is 5.35. The van der Waals surface area contributed by atoms with Crippen LogP contribution in [0.15, 0.2) is 83.0 Å². The molecular weight excluding hydrogens is 535 g/mol. The Labute approximate surface area is 233 Å². The molecule has 1 unspecified atom stereocenters. The van der Waals surface area contributed by atoms with Crippen LogP contribution >= 0.6 is 23.1 Å². The molecule has 0 radical (unpaired) electrons. The van der Waals surface area contributed by atoms with Crippen molar-refractivity contribution in [2.24, 2.45) is 0 Å². The van der Waals surface area contributed by atoms with Crippen LogP contribution in [-0.2, 0) is 20.8 Å². The van der Waals surface area contributed by atoms with Gasteiger partial charge in [-0.05, 0) is 40.3 Å². The molecule has 1 amide bonds. The molecule has 5 rings (SSSR count). The highest BCUT2D eigenvalue weighted by molar-refractivity contribution is 8.00. The molecule has 0 saturated carbocycles. The lowest BCUT2D eigenvalue weighted by Gasteiger charge is -2.24. The summed E-state index contributed by atoms with van der Waals surface area (Å²) in [4.78, 5) is 32.0. The van der Waals surface area contributed by atoms with Crippen molar-refractivity contribution in [1.29, 1.82) is 0 Å². The number of hydrogen-bond donors (Lipinski definition) is 1. The first-order valence-electron chi connectivity index (χ1n) is 12.2. The van der Waals surface area contributed by atoms with E-state index in [9.17, 15) is 19.1 Å². The lowest BCUT2D eigenvalue weighted by molar-refractivity contribution is -0.132. The van der Waals surface area contributed by atoms with Crippen LogP contribution < -0.4 is 4.90 Å². The molecule has 1 aliphatic heterocycles. The van der Waals surface area contributed by atoms with Gasteiger partial charge in [0, 0.05) is 23.7 Å². The van der Waals surface area contributed by atoms with Crippen LogP contribution in [0.25, 0.3) is 5.76 Å². The van der Waals surface area contributed by atoms with Crippen LogP contribution in [-0.4, -0.2) is 32.0 Å². The average Bonchev–Trinajstić information content (AvgIpc) is 3.50. The number of pyridine rings is 1. The van der Waals surface area contributed by atoms with E-state index in [1.807, 2.05) is 24.3 Å². The molecule has 1 N–H and O–H groups in total. The molecule has 0 bridgehead atoms. The Hall–Kier alpha value is -3.89. The van der Waals surface area contributed by atoms with Gasteiger partial charge in [-0.3, -0.25) is 19.5 Å². The predicted molar refractivity (Wildman–Crippen MR) is 150 cm³/mol. The number of benzene rings is 2.